The molecule has 0 fully saturated rings. The summed E-state index contributed by atoms with van der Waals surface area (Å²) in [5, 5.41) is 1.97. The minimum Gasteiger partial charge on any atom is -0.308 e. The van der Waals surface area contributed by atoms with Crippen LogP contribution in [0.2, 0.25) is 0 Å². The normalized spacial score (nSPS) is 13.8. The van der Waals surface area contributed by atoms with E-state index in [4.69, 9.17) is 23.2 Å². The van der Waals surface area contributed by atoms with Crippen LogP contribution in [-0.4, -0.2) is 19.5 Å². The van der Waals surface area contributed by atoms with Gasteiger partial charge in [0.05, 0.1) is 27.7 Å². The Bertz CT molecular complexity index is 2880. The maximum atomic E-state index is 9.22. The highest BCUT2D eigenvalue weighted by Crippen LogP contribution is 2.39. The minimum absolute atomic E-state index is 0.00458. The molecule has 0 amide bonds. The lowest BCUT2D eigenvalue weighted by molar-refractivity contribution is 1.06. The highest BCUT2D eigenvalue weighted by atomic mass is 15.1. The van der Waals surface area contributed by atoms with Crippen LogP contribution in [0.1, 0.15) is 11.0 Å². The second-order valence-electron chi connectivity index (χ2n) is 11.1. The Hall–Kier alpha value is -6.39. The van der Waals surface area contributed by atoms with E-state index in [1.165, 1.54) is 4.57 Å². The Labute approximate surface area is 283 Å². The van der Waals surface area contributed by atoms with Gasteiger partial charge in [-0.3, -0.25) is 0 Å². The number of nitrogens with zero attached hydrogens (tertiary/aromatic N) is 4. The van der Waals surface area contributed by atoms with Crippen molar-refractivity contribution in [3.05, 3.63) is 170 Å². The average molecular weight is 609 g/mol. The predicted molar refractivity (Wildman–Crippen MR) is 193 cm³/mol. The molecule has 0 saturated carbocycles. The van der Waals surface area contributed by atoms with Crippen molar-refractivity contribution in [2.45, 2.75) is 0 Å². The first-order valence-electron chi connectivity index (χ1n) is 19.1. The molecule has 0 aliphatic rings. The smallest absolute Gasteiger partial charge is 0.166 e. The van der Waals surface area contributed by atoms with Crippen molar-refractivity contribution in [2.24, 2.45) is 0 Å². The molecule has 0 N–H and O–H groups in total. The van der Waals surface area contributed by atoms with Crippen LogP contribution in [0.3, 0.4) is 0 Å². The van der Waals surface area contributed by atoms with Crippen LogP contribution in [0.4, 0.5) is 0 Å². The Morgan fingerprint density at radius 2 is 0.979 bits per heavy atom. The Morgan fingerprint density at radius 1 is 0.426 bits per heavy atom. The monoisotopic (exact) mass is 608 g/mol. The molecule has 0 atom stereocenters. The molecule has 0 unspecified atom stereocenters. The summed E-state index contributed by atoms with van der Waals surface area (Å²) in [6.45, 7) is 0. The van der Waals surface area contributed by atoms with Crippen molar-refractivity contribution in [1.29, 1.82) is 0 Å². The summed E-state index contributed by atoms with van der Waals surface area (Å²) in [7, 11) is 0. The fraction of sp³-hybridized carbons (Fsp3) is 0. The van der Waals surface area contributed by atoms with Gasteiger partial charge in [-0.1, -0.05) is 145 Å². The highest BCUT2D eigenvalue weighted by Gasteiger charge is 2.20. The Kier molecular flexibility index (Phi) is 4.74. The summed E-state index contributed by atoms with van der Waals surface area (Å²) in [4.78, 5) is 14.8. The van der Waals surface area contributed by atoms with Gasteiger partial charge in [-0.05, 0) is 46.1 Å². The van der Waals surface area contributed by atoms with E-state index in [1.807, 2.05) is 121 Å². The molecule has 0 bridgehead atoms. The maximum Gasteiger partial charge on any atom is 0.166 e. The van der Waals surface area contributed by atoms with Gasteiger partial charge in [0.1, 0.15) is 0 Å². The second-order valence-corrected chi connectivity index (χ2v) is 11.1. The van der Waals surface area contributed by atoms with E-state index in [-0.39, 0.29) is 27.6 Å². The zero-order valence-corrected chi connectivity index (χ0v) is 24.8. The molecule has 0 radical (unpaired) electrons. The van der Waals surface area contributed by atoms with Crippen molar-refractivity contribution in [2.75, 3.05) is 0 Å². The van der Waals surface area contributed by atoms with Crippen molar-refractivity contribution >= 4 is 32.6 Å². The van der Waals surface area contributed by atoms with E-state index >= 15 is 0 Å². The number of rotatable bonds is 5. The topological polar surface area (TPSA) is 43.6 Å². The fourth-order valence-electron chi connectivity index (χ4n) is 6.14. The third-order valence-corrected chi connectivity index (χ3v) is 8.31. The van der Waals surface area contributed by atoms with Gasteiger partial charge < -0.3 is 4.57 Å². The van der Waals surface area contributed by atoms with Gasteiger partial charge in [-0.25, -0.2) is 15.0 Å². The molecule has 9 aromatic rings. The third kappa shape index (κ3) is 4.66. The van der Waals surface area contributed by atoms with Crippen LogP contribution in [0.25, 0.3) is 83.6 Å². The summed E-state index contributed by atoms with van der Waals surface area (Å²) in [6, 6.07) is 35.0. The van der Waals surface area contributed by atoms with Gasteiger partial charge in [0.25, 0.3) is 0 Å². The van der Waals surface area contributed by atoms with E-state index in [1.54, 1.807) is 0 Å². The molecule has 47 heavy (non-hydrogen) atoms. The number of fused-ring (bicyclic) bond motifs is 4. The molecule has 2 aromatic heterocycles. The van der Waals surface area contributed by atoms with Gasteiger partial charge >= 0.3 is 0 Å². The van der Waals surface area contributed by atoms with Crippen LogP contribution in [0, 0.1) is 0 Å². The van der Waals surface area contributed by atoms with Crippen molar-refractivity contribution < 1.29 is 11.0 Å². The van der Waals surface area contributed by atoms with Crippen LogP contribution in [-0.2, 0) is 0 Å². The summed E-state index contributed by atoms with van der Waals surface area (Å²) in [6.07, 6.45) is 0. The molecule has 2 heterocycles. The van der Waals surface area contributed by atoms with Crippen molar-refractivity contribution in [3.63, 3.8) is 0 Å². The number of benzene rings is 7. The van der Waals surface area contributed by atoms with E-state index in [0.29, 0.717) is 22.9 Å². The second kappa shape index (κ2) is 11.2. The molecule has 220 valence electrons. The van der Waals surface area contributed by atoms with Gasteiger partial charge in [-0.15, -0.1) is 0 Å². The lowest BCUT2D eigenvalue weighted by Gasteiger charge is -2.17. The van der Waals surface area contributed by atoms with Gasteiger partial charge in [-0.2, -0.15) is 0 Å². The van der Waals surface area contributed by atoms with Crippen LogP contribution in [0.15, 0.2) is 170 Å². The first-order valence-corrected chi connectivity index (χ1v) is 15.1. The number of hydrogen-bond donors (Lipinski definition) is 0. The third-order valence-electron chi connectivity index (χ3n) is 8.31. The molecule has 0 aliphatic heterocycles. The number of para-hydroxylation sites is 2. The van der Waals surface area contributed by atoms with Gasteiger partial charge in [0, 0.05) is 27.5 Å². The molecule has 0 spiro atoms. The van der Waals surface area contributed by atoms with E-state index in [0.717, 1.165) is 33.0 Å². The van der Waals surface area contributed by atoms with Crippen LogP contribution < -0.4 is 0 Å². The largest absolute Gasteiger partial charge is 0.308 e. The molecular formula is C43H28N4. The molecule has 7 aromatic carbocycles. The van der Waals surface area contributed by atoms with E-state index in [2.05, 4.69) is 0 Å². The van der Waals surface area contributed by atoms with Crippen molar-refractivity contribution in [1.82, 2.24) is 19.5 Å². The molecule has 4 nitrogen and oxygen atoms in total. The summed E-state index contributed by atoms with van der Waals surface area (Å²) >= 11 is 0. The maximum absolute atomic E-state index is 9.22. The molecular weight excluding hydrogens is 573 g/mol. The lowest BCUT2D eigenvalue weighted by atomic mass is 9.96. The lowest BCUT2D eigenvalue weighted by Crippen LogP contribution is -2.04. The molecule has 9 rings (SSSR count). The predicted octanol–water partition coefficient (Wildman–Crippen LogP) is 10.8. The standard InChI is InChI=1S/C43H28N4/c1-3-15-30(16-4-1)41-44-42(31-17-5-2-6-18-31)46-43(45-41)37-27-26-32(34-23-13-19-29-14-7-8-20-33(29)34)28-40(37)47-38-24-11-9-21-35(38)36-22-10-12-25-39(36)47/h1-28H/i9D,10D,11D,12D,21D,22D,24D,25D. The van der Waals surface area contributed by atoms with E-state index < -0.39 is 48.3 Å². The Balaban J connectivity index is 1.47. The zero-order chi connectivity index (χ0) is 38.1. The summed E-state index contributed by atoms with van der Waals surface area (Å²) in [5.74, 6) is 1.06. The SMILES string of the molecule is [2H]c1c([2H])c([2H])c2c(c1[2H])c1c([2H])c([2H])c([2H])c([2H])c1n2-c1cc(-c2cccc3ccccc23)ccc1-c1nc(-c2ccccc2)nc(-c2ccccc2)n1. The first-order chi connectivity index (χ1) is 26.6. The van der Waals surface area contributed by atoms with Gasteiger partial charge in [0.2, 0.25) is 0 Å². The highest BCUT2D eigenvalue weighted by molar-refractivity contribution is 6.10. The quantitative estimate of drug-likeness (QED) is 0.195. The summed E-state index contributed by atoms with van der Waals surface area (Å²) < 4.78 is 72.6. The van der Waals surface area contributed by atoms with Crippen LogP contribution >= 0.6 is 0 Å². The zero-order valence-electron chi connectivity index (χ0n) is 32.8. The minimum atomic E-state index is -0.508. The molecule has 4 heteroatoms. The number of hydrogen-bond acceptors (Lipinski definition) is 3. The average Bonchev–Trinajstić information content (AvgIpc) is 3.60. The number of aromatic nitrogens is 4. The molecule has 0 saturated heterocycles. The summed E-state index contributed by atoms with van der Waals surface area (Å²) in [5.41, 5.74) is 3.95. The van der Waals surface area contributed by atoms with E-state index in [9.17, 15) is 2.74 Å². The van der Waals surface area contributed by atoms with Crippen LogP contribution in [0.5, 0.6) is 0 Å². The molecule has 0 aliphatic carbocycles. The first kappa shape index (κ1) is 19.9. The Morgan fingerprint density at radius 3 is 1.64 bits per heavy atom. The fourth-order valence-corrected chi connectivity index (χ4v) is 6.14. The van der Waals surface area contributed by atoms with Gasteiger partial charge in [0.15, 0.2) is 17.5 Å². The van der Waals surface area contributed by atoms with Crippen molar-refractivity contribution in [3.8, 4) is 51.0 Å².